The summed E-state index contributed by atoms with van der Waals surface area (Å²) in [5.74, 6) is 0.945. The van der Waals surface area contributed by atoms with Crippen LogP contribution in [0.2, 0.25) is 10.0 Å². The number of nitrogens with zero attached hydrogens (tertiary/aromatic N) is 1. The highest BCUT2D eigenvalue weighted by Crippen LogP contribution is 2.28. The topological polar surface area (TPSA) is 67.9 Å². The first-order chi connectivity index (χ1) is 15.8. The second-order valence-electron chi connectivity index (χ2n) is 7.66. The van der Waals surface area contributed by atoms with Gasteiger partial charge in [0.1, 0.15) is 6.04 Å². The number of carbonyl (C=O) groups excluding carboxylic acids is 2. The molecule has 8 heteroatoms. The smallest absolute Gasteiger partial charge is 0.242 e. The molecular weight excluding hydrogens is 463 g/mol. The molecule has 0 aliphatic carbocycles. The Morgan fingerprint density at radius 1 is 1.03 bits per heavy atom. The number of ether oxygens (including phenoxy) is 2. The van der Waals surface area contributed by atoms with E-state index in [0.717, 1.165) is 17.5 Å². The van der Waals surface area contributed by atoms with Gasteiger partial charge in [0.2, 0.25) is 11.8 Å². The van der Waals surface area contributed by atoms with Crippen LogP contribution in [0.1, 0.15) is 44.2 Å². The van der Waals surface area contributed by atoms with Crippen molar-refractivity contribution in [3.05, 3.63) is 57.6 Å². The summed E-state index contributed by atoms with van der Waals surface area (Å²) in [5, 5.41) is 3.89. The number of hydrogen-bond acceptors (Lipinski definition) is 4. The van der Waals surface area contributed by atoms with Crippen molar-refractivity contribution in [2.24, 2.45) is 0 Å². The summed E-state index contributed by atoms with van der Waals surface area (Å²) in [7, 11) is 3.15. The van der Waals surface area contributed by atoms with Crippen LogP contribution in [0.3, 0.4) is 0 Å². The number of carbonyl (C=O) groups is 2. The predicted molar refractivity (Wildman–Crippen MR) is 132 cm³/mol. The van der Waals surface area contributed by atoms with E-state index in [4.69, 9.17) is 32.7 Å². The Hall–Kier alpha value is -2.44. The summed E-state index contributed by atoms with van der Waals surface area (Å²) in [6.45, 7) is 4.67. The van der Waals surface area contributed by atoms with E-state index >= 15 is 0 Å². The minimum Gasteiger partial charge on any atom is -0.493 e. The van der Waals surface area contributed by atoms with Crippen LogP contribution in [0, 0.1) is 0 Å². The molecule has 1 N–H and O–H groups in total. The van der Waals surface area contributed by atoms with Gasteiger partial charge in [0.15, 0.2) is 11.5 Å². The molecule has 2 aromatic carbocycles. The van der Waals surface area contributed by atoms with Crippen molar-refractivity contribution < 1.29 is 19.1 Å². The average Bonchev–Trinajstić information content (AvgIpc) is 2.82. The molecule has 0 radical (unpaired) electrons. The summed E-state index contributed by atoms with van der Waals surface area (Å²) in [5.41, 5.74) is 1.68. The fourth-order valence-corrected chi connectivity index (χ4v) is 4.02. The minimum absolute atomic E-state index is 0.130. The van der Waals surface area contributed by atoms with Gasteiger partial charge < -0.3 is 19.7 Å². The SMILES string of the molecule is CCCNC(=O)[C@H](CC)N(Cc1ccc(Cl)cc1Cl)C(=O)CCc1ccc(OC)c(OC)c1. The summed E-state index contributed by atoms with van der Waals surface area (Å²) in [6.07, 6.45) is 2.04. The van der Waals surface area contributed by atoms with Crippen molar-refractivity contribution in [1.29, 1.82) is 0 Å². The van der Waals surface area contributed by atoms with Gasteiger partial charge in [-0.2, -0.15) is 0 Å². The lowest BCUT2D eigenvalue weighted by Crippen LogP contribution is -2.49. The van der Waals surface area contributed by atoms with Gasteiger partial charge in [-0.1, -0.05) is 49.2 Å². The van der Waals surface area contributed by atoms with E-state index in [1.165, 1.54) is 0 Å². The Kier molecular flexibility index (Phi) is 10.8. The first-order valence-electron chi connectivity index (χ1n) is 11.1. The lowest BCUT2D eigenvalue weighted by atomic mass is 10.1. The van der Waals surface area contributed by atoms with Gasteiger partial charge >= 0.3 is 0 Å². The first kappa shape index (κ1) is 26.8. The Morgan fingerprint density at radius 2 is 1.76 bits per heavy atom. The molecule has 2 rings (SSSR count). The van der Waals surface area contributed by atoms with Crippen LogP contribution >= 0.6 is 23.2 Å². The van der Waals surface area contributed by atoms with E-state index in [0.29, 0.717) is 40.9 Å². The molecule has 0 bridgehead atoms. The number of methoxy groups -OCH3 is 2. The molecule has 0 aliphatic rings. The second kappa shape index (κ2) is 13.3. The molecule has 6 nitrogen and oxygen atoms in total. The number of aryl methyl sites for hydroxylation is 1. The highest BCUT2D eigenvalue weighted by Gasteiger charge is 2.28. The fraction of sp³-hybridized carbons (Fsp3) is 0.440. The standard InChI is InChI=1S/C25H32Cl2N2O4/c1-5-13-28-25(31)21(6-2)29(16-18-9-10-19(26)15-20(18)27)24(30)12-8-17-7-11-22(32-3)23(14-17)33-4/h7,9-11,14-15,21H,5-6,8,12-13,16H2,1-4H3,(H,28,31)/t21-/m0/s1. The van der Waals surface area contributed by atoms with Crippen molar-refractivity contribution in [3.63, 3.8) is 0 Å². The maximum atomic E-state index is 13.4. The Labute approximate surface area is 206 Å². The van der Waals surface area contributed by atoms with E-state index in [1.807, 2.05) is 32.0 Å². The quantitative estimate of drug-likeness (QED) is 0.435. The third-order valence-electron chi connectivity index (χ3n) is 5.37. The molecule has 0 saturated heterocycles. The van der Waals surface area contributed by atoms with Gasteiger partial charge in [-0.15, -0.1) is 0 Å². The highest BCUT2D eigenvalue weighted by atomic mass is 35.5. The van der Waals surface area contributed by atoms with Crippen LogP contribution in [0.5, 0.6) is 11.5 Å². The van der Waals surface area contributed by atoms with Crippen LogP contribution in [0.15, 0.2) is 36.4 Å². The molecule has 180 valence electrons. The van der Waals surface area contributed by atoms with E-state index in [2.05, 4.69) is 5.32 Å². The number of hydrogen-bond donors (Lipinski definition) is 1. The van der Waals surface area contributed by atoms with Crippen LogP contribution in [-0.4, -0.2) is 43.5 Å². The van der Waals surface area contributed by atoms with Crippen molar-refractivity contribution >= 4 is 35.0 Å². The largest absolute Gasteiger partial charge is 0.493 e. The molecular formula is C25H32Cl2N2O4. The number of rotatable bonds is 12. The maximum absolute atomic E-state index is 13.4. The maximum Gasteiger partial charge on any atom is 0.242 e. The van der Waals surface area contributed by atoms with Gasteiger partial charge in [0.25, 0.3) is 0 Å². The van der Waals surface area contributed by atoms with Gasteiger partial charge in [-0.25, -0.2) is 0 Å². The third kappa shape index (κ3) is 7.54. The van der Waals surface area contributed by atoms with Gasteiger partial charge in [0.05, 0.1) is 14.2 Å². The van der Waals surface area contributed by atoms with E-state index in [1.54, 1.807) is 37.3 Å². The van der Waals surface area contributed by atoms with Crippen LogP contribution in [-0.2, 0) is 22.6 Å². The number of amides is 2. The number of benzene rings is 2. The highest BCUT2D eigenvalue weighted by molar-refractivity contribution is 6.35. The average molecular weight is 495 g/mol. The van der Waals surface area contributed by atoms with Gasteiger partial charge in [-0.05, 0) is 54.7 Å². The minimum atomic E-state index is -0.596. The van der Waals surface area contributed by atoms with Gasteiger partial charge in [-0.3, -0.25) is 9.59 Å². The normalized spacial score (nSPS) is 11.6. The molecule has 2 aromatic rings. The lowest BCUT2D eigenvalue weighted by molar-refractivity contribution is -0.141. The van der Waals surface area contributed by atoms with Crippen molar-refractivity contribution in [2.45, 2.75) is 52.1 Å². The lowest BCUT2D eigenvalue weighted by Gasteiger charge is -2.31. The number of halogens is 2. The van der Waals surface area contributed by atoms with Crippen molar-refractivity contribution in [1.82, 2.24) is 10.2 Å². The molecule has 0 aromatic heterocycles. The molecule has 1 atom stereocenters. The van der Waals surface area contributed by atoms with Gasteiger partial charge in [0, 0.05) is 29.6 Å². The molecule has 0 aliphatic heterocycles. The molecule has 0 spiro atoms. The van der Waals surface area contributed by atoms with Crippen LogP contribution < -0.4 is 14.8 Å². The van der Waals surface area contributed by atoms with Crippen LogP contribution in [0.4, 0.5) is 0 Å². The molecule has 0 heterocycles. The van der Waals surface area contributed by atoms with E-state index in [9.17, 15) is 9.59 Å². The summed E-state index contributed by atoms with van der Waals surface area (Å²) in [6, 6.07) is 10.1. The monoisotopic (exact) mass is 494 g/mol. The summed E-state index contributed by atoms with van der Waals surface area (Å²) in [4.78, 5) is 27.8. The second-order valence-corrected chi connectivity index (χ2v) is 8.51. The molecule has 33 heavy (non-hydrogen) atoms. The molecule has 2 amide bonds. The number of nitrogens with one attached hydrogen (secondary N) is 1. The first-order valence-corrected chi connectivity index (χ1v) is 11.8. The molecule has 0 saturated carbocycles. The summed E-state index contributed by atoms with van der Waals surface area (Å²) >= 11 is 12.4. The third-order valence-corrected chi connectivity index (χ3v) is 5.95. The Balaban J connectivity index is 2.25. The Bertz CT molecular complexity index is 952. The molecule has 0 unspecified atom stereocenters. The zero-order valence-electron chi connectivity index (χ0n) is 19.6. The Morgan fingerprint density at radius 3 is 2.36 bits per heavy atom. The zero-order chi connectivity index (χ0) is 24.4. The zero-order valence-corrected chi connectivity index (χ0v) is 21.1. The van der Waals surface area contributed by atoms with Crippen molar-refractivity contribution in [3.8, 4) is 11.5 Å². The van der Waals surface area contributed by atoms with Crippen LogP contribution in [0.25, 0.3) is 0 Å². The molecule has 0 fully saturated rings. The summed E-state index contributed by atoms with van der Waals surface area (Å²) < 4.78 is 10.6. The predicted octanol–water partition coefficient (Wildman–Crippen LogP) is 5.28. The van der Waals surface area contributed by atoms with E-state index < -0.39 is 6.04 Å². The fourth-order valence-electron chi connectivity index (χ4n) is 3.55. The van der Waals surface area contributed by atoms with Crippen molar-refractivity contribution in [2.75, 3.05) is 20.8 Å². The van der Waals surface area contributed by atoms with E-state index in [-0.39, 0.29) is 24.8 Å².